The Labute approximate surface area is 119 Å². The number of carbonyl (C=O) groups excluding carboxylic acids is 2. The fraction of sp³-hybridized carbons (Fsp3) is 0.143. The van der Waals surface area contributed by atoms with Crippen LogP contribution in [0.5, 0.6) is 0 Å². The van der Waals surface area contributed by atoms with Crippen molar-refractivity contribution in [3.05, 3.63) is 52.7 Å². The first kappa shape index (κ1) is 14.2. The number of benzene rings is 1. The molecular formula is C14H12FNO3S. The Kier molecular flexibility index (Phi) is 4.47. The molecule has 0 fully saturated rings. The minimum absolute atomic E-state index is 0.0734. The van der Waals surface area contributed by atoms with Crippen molar-refractivity contribution in [1.82, 2.24) is 0 Å². The lowest BCUT2D eigenvalue weighted by atomic mass is 10.2. The van der Waals surface area contributed by atoms with Crippen LogP contribution in [0.1, 0.15) is 27.6 Å². The molecule has 0 aliphatic rings. The number of thiophene rings is 1. The Hall–Kier alpha value is -2.21. The standard InChI is InChI=1S/C14H12FNO3S/c1-2-19-14(18)10-7-8-20-13(10)16-12(17)9-5-3-4-6-11(9)15/h3-8H,2H2,1H3,(H,16,17). The highest BCUT2D eigenvalue weighted by atomic mass is 32.1. The van der Waals surface area contributed by atoms with E-state index in [1.807, 2.05) is 0 Å². The smallest absolute Gasteiger partial charge is 0.341 e. The Balaban J connectivity index is 2.19. The van der Waals surface area contributed by atoms with E-state index in [1.54, 1.807) is 24.4 Å². The predicted molar refractivity (Wildman–Crippen MR) is 74.6 cm³/mol. The van der Waals surface area contributed by atoms with Crippen molar-refractivity contribution < 1.29 is 18.7 Å². The van der Waals surface area contributed by atoms with E-state index in [-0.39, 0.29) is 17.7 Å². The van der Waals surface area contributed by atoms with Gasteiger partial charge in [-0.05, 0) is 30.5 Å². The topological polar surface area (TPSA) is 55.4 Å². The second-order valence-electron chi connectivity index (χ2n) is 3.82. The van der Waals surface area contributed by atoms with Crippen LogP contribution in [0.2, 0.25) is 0 Å². The van der Waals surface area contributed by atoms with E-state index in [0.29, 0.717) is 5.00 Å². The SMILES string of the molecule is CCOC(=O)c1ccsc1NC(=O)c1ccccc1F. The summed E-state index contributed by atoms with van der Waals surface area (Å²) in [5.74, 6) is -1.73. The third kappa shape index (κ3) is 3.03. The molecule has 1 aromatic carbocycles. The molecule has 0 saturated heterocycles. The molecule has 2 rings (SSSR count). The van der Waals surface area contributed by atoms with Crippen LogP contribution in [0.15, 0.2) is 35.7 Å². The number of hydrogen-bond donors (Lipinski definition) is 1. The van der Waals surface area contributed by atoms with Gasteiger partial charge in [-0.2, -0.15) is 0 Å². The molecule has 1 amide bonds. The van der Waals surface area contributed by atoms with Gasteiger partial charge in [0.05, 0.1) is 17.7 Å². The molecule has 0 aliphatic carbocycles. The summed E-state index contributed by atoms with van der Waals surface area (Å²) in [6, 6.07) is 7.21. The first-order chi connectivity index (χ1) is 9.63. The normalized spacial score (nSPS) is 10.1. The van der Waals surface area contributed by atoms with Gasteiger partial charge in [-0.25, -0.2) is 9.18 Å². The van der Waals surface area contributed by atoms with E-state index in [0.717, 1.165) is 0 Å². The summed E-state index contributed by atoms with van der Waals surface area (Å²) in [6.07, 6.45) is 0. The average molecular weight is 293 g/mol. The molecule has 1 heterocycles. The quantitative estimate of drug-likeness (QED) is 0.880. The van der Waals surface area contributed by atoms with Crippen molar-refractivity contribution in [2.24, 2.45) is 0 Å². The third-order valence-corrected chi connectivity index (χ3v) is 3.34. The maximum atomic E-state index is 13.5. The van der Waals surface area contributed by atoms with Crippen LogP contribution in [0, 0.1) is 5.82 Å². The van der Waals surface area contributed by atoms with Crippen LogP contribution in [-0.4, -0.2) is 18.5 Å². The van der Waals surface area contributed by atoms with Gasteiger partial charge in [0.25, 0.3) is 5.91 Å². The minimum Gasteiger partial charge on any atom is -0.462 e. The van der Waals surface area contributed by atoms with Crippen molar-refractivity contribution in [3.63, 3.8) is 0 Å². The number of anilines is 1. The molecular weight excluding hydrogens is 281 g/mol. The second kappa shape index (κ2) is 6.29. The molecule has 4 nitrogen and oxygen atoms in total. The molecule has 0 unspecified atom stereocenters. The molecule has 0 spiro atoms. The van der Waals surface area contributed by atoms with Gasteiger partial charge in [-0.1, -0.05) is 12.1 Å². The third-order valence-electron chi connectivity index (χ3n) is 2.51. The predicted octanol–water partition coefficient (Wildman–Crippen LogP) is 3.32. The monoisotopic (exact) mass is 293 g/mol. The van der Waals surface area contributed by atoms with Gasteiger partial charge in [0.15, 0.2) is 0 Å². The van der Waals surface area contributed by atoms with Crippen molar-refractivity contribution in [3.8, 4) is 0 Å². The summed E-state index contributed by atoms with van der Waals surface area (Å²) in [7, 11) is 0. The van der Waals surface area contributed by atoms with Gasteiger partial charge >= 0.3 is 5.97 Å². The molecule has 0 atom stereocenters. The summed E-state index contributed by atoms with van der Waals surface area (Å²) in [6.45, 7) is 1.94. The number of halogens is 1. The molecule has 0 bridgehead atoms. The Morgan fingerprint density at radius 2 is 2.00 bits per heavy atom. The summed E-state index contributed by atoms with van der Waals surface area (Å²) < 4.78 is 18.4. The maximum Gasteiger partial charge on any atom is 0.341 e. The lowest BCUT2D eigenvalue weighted by Crippen LogP contribution is -2.15. The number of ether oxygens (including phenoxy) is 1. The van der Waals surface area contributed by atoms with Gasteiger partial charge in [0, 0.05) is 0 Å². The second-order valence-corrected chi connectivity index (χ2v) is 4.73. The lowest BCUT2D eigenvalue weighted by molar-refractivity contribution is 0.0528. The number of rotatable bonds is 4. The molecule has 6 heteroatoms. The fourth-order valence-corrected chi connectivity index (χ4v) is 2.36. The van der Waals surface area contributed by atoms with E-state index < -0.39 is 17.7 Å². The summed E-state index contributed by atoms with van der Waals surface area (Å²) in [5, 5.41) is 4.53. The van der Waals surface area contributed by atoms with Gasteiger partial charge in [-0.15, -0.1) is 11.3 Å². The van der Waals surface area contributed by atoms with Gasteiger partial charge in [0.1, 0.15) is 10.8 Å². The highest BCUT2D eigenvalue weighted by Crippen LogP contribution is 2.25. The molecule has 1 N–H and O–H groups in total. The number of nitrogens with one attached hydrogen (secondary N) is 1. The van der Waals surface area contributed by atoms with Crippen molar-refractivity contribution in [2.75, 3.05) is 11.9 Å². The van der Waals surface area contributed by atoms with Crippen molar-refractivity contribution in [2.45, 2.75) is 6.92 Å². The number of esters is 1. The first-order valence-corrected chi connectivity index (χ1v) is 6.82. The minimum atomic E-state index is -0.612. The van der Waals surface area contributed by atoms with Crippen LogP contribution >= 0.6 is 11.3 Å². The molecule has 0 radical (unpaired) electrons. The van der Waals surface area contributed by atoms with E-state index in [2.05, 4.69) is 5.32 Å². The van der Waals surface area contributed by atoms with Crippen LogP contribution in [0.4, 0.5) is 9.39 Å². The zero-order valence-electron chi connectivity index (χ0n) is 10.7. The largest absolute Gasteiger partial charge is 0.462 e. The lowest BCUT2D eigenvalue weighted by Gasteiger charge is -2.06. The van der Waals surface area contributed by atoms with E-state index in [9.17, 15) is 14.0 Å². The van der Waals surface area contributed by atoms with E-state index >= 15 is 0 Å². The Morgan fingerprint density at radius 1 is 1.25 bits per heavy atom. The zero-order chi connectivity index (χ0) is 14.5. The number of amides is 1. The Bertz CT molecular complexity index is 639. The van der Waals surface area contributed by atoms with Crippen LogP contribution in [-0.2, 0) is 4.74 Å². The molecule has 2 aromatic rings. The van der Waals surface area contributed by atoms with E-state index in [1.165, 1.54) is 29.5 Å². The average Bonchev–Trinajstić information content (AvgIpc) is 2.87. The molecule has 0 aliphatic heterocycles. The number of carbonyl (C=O) groups is 2. The zero-order valence-corrected chi connectivity index (χ0v) is 11.5. The fourth-order valence-electron chi connectivity index (χ4n) is 1.59. The maximum absolute atomic E-state index is 13.5. The van der Waals surface area contributed by atoms with Crippen LogP contribution in [0.25, 0.3) is 0 Å². The van der Waals surface area contributed by atoms with Gasteiger partial charge in [0.2, 0.25) is 0 Å². The van der Waals surface area contributed by atoms with Crippen LogP contribution < -0.4 is 5.32 Å². The van der Waals surface area contributed by atoms with Gasteiger partial charge in [-0.3, -0.25) is 4.79 Å². The van der Waals surface area contributed by atoms with E-state index in [4.69, 9.17) is 4.74 Å². The van der Waals surface area contributed by atoms with Crippen LogP contribution in [0.3, 0.4) is 0 Å². The van der Waals surface area contributed by atoms with Crippen molar-refractivity contribution in [1.29, 1.82) is 0 Å². The summed E-state index contributed by atoms with van der Waals surface area (Å²) in [5.41, 5.74) is 0.192. The van der Waals surface area contributed by atoms with Crippen molar-refractivity contribution >= 4 is 28.2 Å². The first-order valence-electron chi connectivity index (χ1n) is 5.94. The van der Waals surface area contributed by atoms with Gasteiger partial charge < -0.3 is 10.1 Å². The molecule has 0 saturated carbocycles. The molecule has 104 valence electrons. The highest BCUT2D eigenvalue weighted by Gasteiger charge is 2.18. The summed E-state index contributed by atoms with van der Waals surface area (Å²) >= 11 is 1.18. The molecule has 1 aromatic heterocycles. The number of hydrogen-bond acceptors (Lipinski definition) is 4. The molecule has 20 heavy (non-hydrogen) atoms. The Morgan fingerprint density at radius 3 is 2.70 bits per heavy atom. The highest BCUT2D eigenvalue weighted by molar-refractivity contribution is 7.14. The summed E-state index contributed by atoms with van der Waals surface area (Å²) in [4.78, 5) is 23.6.